The van der Waals surface area contributed by atoms with Gasteiger partial charge in [-0.15, -0.1) is 6.58 Å². The maximum absolute atomic E-state index is 13.9. The van der Waals surface area contributed by atoms with Gasteiger partial charge >= 0.3 is 5.97 Å². The normalized spacial score (nSPS) is 22.3. The lowest BCUT2D eigenvalue weighted by molar-refractivity contribution is -0.165. The molecule has 1 saturated carbocycles. The molecule has 6 nitrogen and oxygen atoms in total. The van der Waals surface area contributed by atoms with Crippen LogP contribution in [0.3, 0.4) is 0 Å². The lowest BCUT2D eigenvalue weighted by Crippen LogP contribution is -2.56. The summed E-state index contributed by atoms with van der Waals surface area (Å²) < 4.78 is 5.71. The molecule has 0 radical (unpaired) electrons. The van der Waals surface area contributed by atoms with Gasteiger partial charge in [0.15, 0.2) is 0 Å². The number of amides is 2. The maximum atomic E-state index is 13.9. The van der Waals surface area contributed by atoms with Crippen LogP contribution in [0.1, 0.15) is 86.3 Å². The Balaban J connectivity index is 2.30. The van der Waals surface area contributed by atoms with Gasteiger partial charge in [-0.3, -0.25) is 14.4 Å². The van der Waals surface area contributed by atoms with Gasteiger partial charge in [0, 0.05) is 0 Å². The van der Waals surface area contributed by atoms with Crippen LogP contribution in [0.4, 0.5) is 0 Å². The van der Waals surface area contributed by atoms with Gasteiger partial charge in [-0.25, -0.2) is 0 Å². The Morgan fingerprint density at radius 3 is 2.17 bits per heavy atom. The highest BCUT2D eigenvalue weighted by Gasteiger charge is 2.65. The smallest absolute Gasteiger partial charge is 0.310 e. The van der Waals surface area contributed by atoms with Crippen molar-refractivity contribution in [1.82, 2.24) is 10.6 Å². The minimum absolute atomic E-state index is 0.140. The first-order valence-electron chi connectivity index (χ1n) is 12.7. The Morgan fingerprint density at radius 2 is 1.71 bits per heavy atom. The number of hydrogen-bond acceptors (Lipinski definition) is 4. The van der Waals surface area contributed by atoms with Crippen LogP contribution >= 0.6 is 0 Å². The number of hydrogen-bond donors (Lipinski definition) is 2. The highest BCUT2D eigenvalue weighted by molar-refractivity contribution is 5.96. The molecule has 194 valence electrons. The zero-order valence-electron chi connectivity index (χ0n) is 22.7. The van der Waals surface area contributed by atoms with E-state index in [2.05, 4.69) is 17.2 Å². The van der Waals surface area contributed by atoms with Crippen molar-refractivity contribution < 1.29 is 19.1 Å². The van der Waals surface area contributed by atoms with E-state index in [1.54, 1.807) is 6.08 Å². The summed E-state index contributed by atoms with van der Waals surface area (Å²) in [5, 5.41) is 6.08. The standard InChI is InChI=1S/C29H44N2O4/c1-10-15-22(25(33)35-28(7,8)9)29(18-21(29)11-2)26(34)31-23(27(4,5)6)24(32)30-19(3)20-16-13-12-14-17-20/h11-14,16-17,19,21-23H,2,10,15,18H2,1,3-9H3,(H,30,32)(H,31,34)/t19-,21?,22-,23-,29?/m1/s1. The van der Waals surface area contributed by atoms with E-state index in [0.29, 0.717) is 12.8 Å². The van der Waals surface area contributed by atoms with Crippen molar-refractivity contribution in [3.63, 3.8) is 0 Å². The molecule has 5 atom stereocenters. The van der Waals surface area contributed by atoms with Gasteiger partial charge < -0.3 is 15.4 Å². The fraction of sp³-hybridized carbons (Fsp3) is 0.621. The van der Waals surface area contributed by atoms with E-state index in [1.165, 1.54) is 0 Å². The fourth-order valence-corrected chi connectivity index (χ4v) is 4.73. The molecule has 1 aliphatic carbocycles. The average Bonchev–Trinajstić information content (AvgIpc) is 3.49. The fourth-order valence-electron chi connectivity index (χ4n) is 4.73. The number of rotatable bonds is 10. The number of carbonyl (C=O) groups excluding carboxylic acids is 3. The Hall–Kier alpha value is -2.63. The van der Waals surface area contributed by atoms with Crippen molar-refractivity contribution in [3.05, 3.63) is 48.6 Å². The van der Waals surface area contributed by atoms with E-state index in [-0.39, 0.29) is 29.7 Å². The van der Waals surface area contributed by atoms with Crippen LogP contribution in [0.5, 0.6) is 0 Å². The van der Waals surface area contributed by atoms with Crippen LogP contribution in [-0.4, -0.2) is 29.4 Å². The van der Waals surface area contributed by atoms with Crippen LogP contribution in [-0.2, 0) is 19.1 Å². The Bertz CT molecular complexity index is 913. The predicted octanol–water partition coefficient (Wildman–Crippen LogP) is 5.35. The summed E-state index contributed by atoms with van der Waals surface area (Å²) in [5.41, 5.74) is -1.16. The van der Waals surface area contributed by atoms with E-state index in [1.807, 2.05) is 85.7 Å². The second-order valence-corrected chi connectivity index (χ2v) is 11.9. The Kier molecular flexibility index (Phi) is 8.96. The van der Waals surface area contributed by atoms with Gasteiger partial charge in [0.05, 0.1) is 17.4 Å². The lowest BCUT2D eigenvalue weighted by Gasteiger charge is -2.35. The molecule has 0 heterocycles. The molecular formula is C29H44N2O4. The minimum atomic E-state index is -0.949. The first-order valence-corrected chi connectivity index (χ1v) is 12.7. The summed E-state index contributed by atoms with van der Waals surface area (Å²) in [5.74, 6) is -1.64. The minimum Gasteiger partial charge on any atom is -0.460 e. The zero-order chi connectivity index (χ0) is 26.6. The van der Waals surface area contributed by atoms with E-state index < -0.39 is 28.4 Å². The molecule has 1 fully saturated rings. The molecule has 6 heteroatoms. The average molecular weight is 485 g/mol. The van der Waals surface area contributed by atoms with Crippen LogP contribution in [0.15, 0.2) is 43.0 Å². The number of ether oxygens (including phenoxy) is 1. The highest BCUT2D eigenvalue weighted by Crippen LogP contribution is 2.60. The van der Waals surface area contributed by atoms with Crippen molar-refractivity contribution in [3.8, 4) is 0 Å². The van der Waals surface area contributed by atoms with Crippen molar-refractivity contribution in [2.45, 2.75) is 92.3 Å². The second-order valence-electron chi connectivity index (χ2n) is 11.9. The van der Waals surface area contributed by atoms with Crippen molar-refractivity contribution in [2.75, 3.05) is 0 Å². The van der Waals surface area contributed by atoms with Gasteiger partial charge in [-0.1, -0.05) is 70.5 Å². The molecule has 0 aromatic heterocycles. The first kappa shape index (κ1) is 28.6. The Labute approximate surface area is 211 Å². The highest BCUT2D eigenvalue weighted by atomic mass is 16.6. The summed E-state index contributed by atoms with van der Waals surface area (Å²) in [4.78, 5) is 40.4. The van der Waals surface area contributed by atoms with Gasteiger partial charge in [0.25, 0.3) is 0 Å². The van der Waals surface area contributed by atoms with E-state index in [0.717, 1.165) is 12.0 Å². The van der Waals surface area contributed by atoms with E-state index >= 15 is 0 Å². The largest absolute Gasteiger partial charge is 0.460 e. The molecule has 1 aromatic carbocycles. The summed E-state index contributed by atoms with van der Waals surface area (Å²) in [6, 6.07) is 8.72. The third-order valence-corrected chi connectivity index (χ3v) is 6.72. The van der Waals surface area contributed by atoms with Crippen molar-refractivity contribution >= 4 is 17.8 Å². The molecule has 2 N–H and O–H groups in total. The molecule has 0 aliphatic heterocycles. The predicted molar refractivity (Wildman–Crippen MR) is 139 cm³/mol. The topological polar surface area (TPSA) is 84.5 Å². The third kappa shape index (κ3) is 6.96. The summed E-state index contributed by atoms with van der Waals surface area (Å²) in [7, 11) is 0. The van der Waals surface area contributed by atoms with Gasteiger partial charge in [-0.05, 0) is 57.4 Å². The number of benzene rings is 1. The number of esters is 1. The van der Waals surface area contributed by atoms with Crippen LogP contribution in [0, 0.1) is 22.7 Å². The number of allylic oxidation sites excluding steroid dienone is 1. The molecule has 1 aliphatic rings. The SMILES string of the molecule is C=CC1CC1(C(=O)N[C@H](C(=O)N[C@H](C)c1ccccc1)C(C)(C)C)[C@H](CCC)C(=O)OC(C)(C)C. The zero-order valence-corrected chi connectivity index (χ0v) is 22.7. The molecular weight excluding hydrogens is 440 g/mol. The molecule has 0 saturated heterocycles. The molecule has 0 spiro atoms. The molecule has 0 bridgehead atoms. The van der Waals surface area contributed by atoms with Crippen LogP contribution in [0.25, 0.3) is 0 Å². The lowest BCUT2D eigenvalue weighted by atomic mass is 9.80. The van der Waals surface area contributed by atoms with Crippen LogP contribution in [0.2, 0.25) is 0 Å². The molecule has 2 rings (SSSR count). The number of carbonyl (C=O) groups is 3. The quantitative estimate of drug-likeness (QED) is 0.347. The maximum Gasteiger partial charge on any atom is 0.310 e. The summed E-state index contributed by atoms with van der Waals surface area (Å²) >= 11 is 0. The van der Waals surface area contributed by atoms with Crippen LogP contribution < -0.4 is 10.6 Å². The number of nitrogens with one attached hydrogen (secondary N) is 2. The molecule has 2 unspecified atom stereocenters. The summed E-state index contributed by atoms with van der Waals surface area (Å²) in [6.07, 6.45) is 3.53. The second kappa shape index (κ2) is 11.0. The van der Waals surface area contributed by atoms with Gasteiger partial charge in [0.1, 0.15) is 11.6 Å². The van der Waals surface area contributed by atoms with Crippen molar-refractivity contribution in [2.24, 2.45) is 22.7 Å². The first-order chi connectivity index (χ1) is 16.2. The monoisotopic (exact) mass is 484 g/mol. The molecule has 1 aromatic rings. The molecule has 35 heavy (non-hydrogen) atoms. The Morgan fingerprint density at radius 1 is 1.11 bits per heavy atom. The van der Waals surface area contributed by atoms with E-state index in [9.17, 15) is 14.4 Å². The summed E-state index contributed by atoms with van der Waals surface area (Å²) in [6.45, 7) is 19.1. The van der Waals surface area contributed by atoms with E-state index in [4.69, 9.17) is 4.74 Å². The van der Waals surface area contributed by atoms with Gasteiger partial charge in [-0.2, -0.15) is 0 Å². The van der Waals surface area contributed by atoms with Crippen molar-refractivity contribution in [1.29, 1.82) is 0 Å². The third-order valence-electron chi connectivity index (χ3n) is 6.72. The molecule has 2 amide bonds. The van der Waals surface area contributed by atoms with Gasteiger partial charge in [0.2, 0.25) is 11.8 Å².